The van der Waals surface area contributed by atoms with Crippen LogP contribution in [-0.2, 0) is 28.1 Å². The summed E-state index contributed by atoms with van der Waals surface area (Å²) in [7, 11) is 1.66. The van der Waals surface area contributed by atoms with Crippen LogP contribution in [0, 0.1) is 0 Å². The van der Waals surface area contributed by atoms with Crippen LogP contribution in [0.4, 0.5) is 4.79 Å². The summed E-state index contributed by atoms with van der Waals surface area (Å²) in [5, 5.41) is 2.71. The van der Waals surface area contributed by atoms with Crippen LogP contribution in [0.15, 0.2) is 42.5 Å². The van der Waals surface area contributed by atoms with E-state index in [9.17, 15) is 14.4 Å². The molecule has 0 spiro atoms. The Bertz CT molecular complexity index is 1040. The Balaban J connectivity index is 1.45. The Kier molecular flexibility index (Phi) is 5.31. The normalized spacial score (nSPS) is 19.5. The summed E-state index contributed by atoms with van der Waals surface area (Å²) < 4.78 is 10.7. The first-order chi connectivity index (χ1) is 14.8. The molecule has 2 heterocycles. The molecular formula is C23H25N3O5. The van der Waals surface area contributed by atoms with Crippen molar-refractivity contribution in [2.75, 3.05) is 20.4 Å². The topological polar surface area (TPSA) is 88.2 Å². The van der Waals surface area contributed by atoms with Crippen molar-refractivity contribution in [3.63, 3.8) is 0 Å². The molecule has 4 rings (SSSR count). The number of aryl methyl sites for hydroxylation is 1. The Morgan fingerprint density at radius 2 is 1.77 bits per heavy atom. The van der Waals surface area contributed by atoms with Gasteiger partial charge in [-0.05, 0) is 42.2 Å². The second-order valence-corrected chi connectivity index (χ2v) is 7.93. The molecule has 1 saturated heterocycles. The van der Waals surface area contributed by atoms with Gasteiger partial charge in [-0.25, -0.2) is 4.79 Å². The first kappa shape index (κ1) is 20.7. The standard InChI is InChI=1S/C23H25N3O5/c1-4-15-5-7-16(8-6-15)12-25(3)20(27)13-26-21(28)23(2,24-22(26)29)17-9-10-18-19(11-17)31-14-30-18/h5-11H,4,12-14H2,1-3H3,(H,24,29)/t23-/m1/s1. The lowest BCUT2D eigenvalue weighted by atomic mass is 9.91. The van der Waals surface area contributed by atoms with E-state index >= 15 is 0 Å². The van der Waals surface area contributed by atoms with Gasteiger partial charge in [0.2, 0.25) is 12.7 Å². The molecule has 2 aliphatic rings. The summed E-state index contributed by atoms with van der Waals surface area (Å²) >= 11 is 0. The Morgan fingerprint density at radius 3 is 2.48 bits per heavy atom. The molecule has 1 N–H and O–H groups in total. The number of urea groups is 1. The number of imide groups is 1. The van der Waals surface area contributed by atoms with E-state index in [-0.39, 0.29) is 19.2 Å². The van der Waals surface area contributed by atoms with Gasteiger partial charge in [0.1, 0.15) is 12.1 Å². The van der Waals surface area contributed by atoms with Crippen LogP contribution in [0.3, 0.4) is 0 Å². The number of benzene rings is 2. The van der Waals surface area contributed by atoms with Gasteiger partial charge in [-0.15, -0.1) is 0 Å². The van der Waals surface area contributed by atoms with Gasteiger partial charge in [-0.2, -0.15) is 0 Å². The smallest absolute Gasteiger partial charge is 0.325 e. The van der Waals surface area contributed by atoms with E-state index in [2.05, 4.69) is 12.2 Å². The molecule has 0 saturated carbocycles. The van der Waals surface area contributed by atoms with Crippen molar-refractivity contribution in [2.45, 2.75) is 32.4 Å². The number of nitrogens with one attached hydrogen (secondary N) is 1. The van der Waals surface area contributed by atoms with E-state index in [1.165, 1.54) is 10.5 Å². The highest BCUT2D eigenvalue weighted by molar-refractivity contribution is 6.09. The summed E-state index contributed by atoms with van der Waals surface area (Å²) in [6.45, 7) is 3.89. The Hall–Kier alpha value is -3.55. The molecule has 8 heteroatoms. The average molecular weight is 423 g/mol. The number of hydrogen-bond donors (Lipinski definition) is 1. The maximum Gasteiger partial charge on any atom is 0.325 e. The van der Waals surface area contributed by atoms with Gasteiger partial charge in [0.05, 0.1) is 0 Å². The van der Waals surface area contributed by atoms with Gasteiger partial charge in [0.25, 0.3) is 5.91 Å². The number of amides is 4. The van der Waals surface area contributed by atoms with Gasteiger partial charge in [-0.1, -0.05) is 37.3 Å². The highest BCUT2D eigenvalue weighted by atomic mass is 16.7. The number of nitrogens with zero attached hydrogens (tertiary/aromatic N) is 2. The second-order valence-electron chi connectivity index (χ2n) is 7.93. The van der Waals surface area contributed by atoms with Gasteiger partial charge < -0.3 is 19.7 Å². The zero-order chi connectivity index (χ0) is 22.2. The maximum atomic E-state index is 13.1. The Morgan fingerprint density at radius 1 is 1.10 bits per heavy atom. The number of rotatable bonds is 6. The molecule has 0 radical (unpaired) electrons. The van der Waals surface area contributed by atoms with Crippen LogP contribution < -0.4 is 14.8 Å². The molecule has 4 amide bonds. The lowest BCUT2D eigenvalue weighted by molar-refractivity contribution is -0.138. The molecule has 8 nitrogen and oxygen atoms in total. The molecule has 0 aromatic heterocycles. The highest BCUT2D eigenvalue weighted by Crippen LogP contribution is 2.37. The summed E-state index contributed by atoms with van der Waals surface area (Å²) in [5.41, 5.74) is 1.48. The van der Waals surface area contributed by atoms with Crippen molar-refractivity contribution >= 4 is 17.8 Å². The van der Waals surface area contributed by atoms with Crippen LogP contribution in [0.25, 0.3) is 0 Å². The van der Waals surface area contributed by atoms with E-state index < -0.39 is 17.5 Å². The van der Waals surface area contributed by atoms with E-state index in [1.54, 1.807) is 32.2 Å². The molecule has 0 aliphatic carbocycles. The van der Waals surface area contributed by atoms with Gasteiger partial charge >= 0.3 is 6.03 Å². The largest absolute Gasteiger partial charge is 0.454 e. The number of carbonyl (C=O) groups excluding carboxylic acids is 3. The van der Waals surface area contributed by atoms with Crippen LogP contribution in [-0.4, -0.2) is 48.0 Å². The molecule has 1 fully saturated rings. The van der Waals surface area contributed by atoms with Crippen LogP contribution in [0.5, 0.6) is 11.5 Å². The third-order valence-corrected chi connectivity index (χ3v) is 5.79. The maximum absolute atomic E-state index is 13.1. The van der Waals surface area contributed by atoms with Crippen molar-refractivity contribution in [1.82, 2.24) is 15.1 Å². The fourth-order valence-electron chi connectivity index (χ4n) is 3.74. The first-order valence-corrected chi connectivity index (χ1v) is 10.2. The van der Waals surface area contributed by atoms with E-state index in [4.69, 9.17) is 9.47 Å². The summed E-state index contributed by atoms with van der Waals surface area (Å²) in [6, 6.07) is 12.5. The number of fused-ring (bicyclic) bond motifs is 1. The zero-order valence-corrected chi connectivity index (χ0v) is 17.8. The SMILES string of the molecule is CCc1ccc(CN(C)C(=O)CN2C(=O)N[C@](C)(c3ccc4c(c3)OCO4)C2=O)cc1. The molecule has 1 atom stereocenters. The fourth-order valence-corrected chi connectivity index (χ4v) is 3.74. The lowest BCUT2D eigenvalue weighted by Crippen LogP contribution is -2.43. The van der Waals surface area contributed by atoms with Gasteiger partial charge in [0.15, 0.2) is 11.5 Å². The van der Waals surface area contributed by atoms with Crippen LogP contribution in [0.2, 0.25) is 0 Å². The van der Waals surface area contributed by atoms with Gasteiger partial charge in [-0.3, -0.25) is 14.5 Å². The molecule has 162 valence electrons. The number of hydrogen-bond acceptors (Lipinski definition) is 5. The Labute approximate surface area is 180 Å². The minimum absolute atomic E-state index is 0.115. The summed E-state index contributed by atoms with van der Waals surface area (Å²) in [5.74, 6) is 0.303. The lowest BCUT2D eigenvalue weighted by Gasteiger charge is -2.23. The van der Waals surface area contributed by atoms with Crippen molar-refractivity contribution in [1.29, 1.82) is 0 Å². The third-order valence-electron chi connectivity index (χ3n) is 5.79. The number of ether oxygens (including phenoxy) is 2. The first-order valence-electron chi connectivity index (χ1n) is 10.2. The molecule has 2 aromatic rings. The van der Waals surface area contributed by atoms with Crippen LogP contribution in [0.1, 0.15) is 30.5 Å². The number of likely N-dealkylation sites (N-methyl/N-ethyl adjacent to an activating group) is 1. The zero-order valence-electron chi connectivity index (χ0n) is 17.8. The minimum Gasteiger partial charge on any atom is -0.454 e. The minimum atomic E-state index is -1.28. The highest BCUT2D eigenvalue weighted by Gasteiger charge is 2.50. The van der Waals surface area contributed by atoms with E-state index in [1.807, 2.05) is 24.3 Å². The fraction of sp³-hybridized carbons (Fsp3) is 0.348. The van der Waals surface area contributed by atoms with Gasteiger partial charge in [0, 0.05) is 13.6 Å². The van der Waals surface area contributed by atoms with Crippen LogP contribution >= 0.6 is 0 Å². The predicted molar refractivity (Wildman–Crippen MR) is 112 cm³/mol. The summed E-state index contributed by atoms with van der Waals surface area (Å²) in [6.07, 6.45) is 0.948. The molecular weight excluding hydrogens is 398 g/mol. The third kappa shape index (κ3) is 3.81. The molecule has 0 unspecified atom stereocenters. The second kappa shape index (κ2) is 7.94. The molecule has 2 aromatic carbocycles. The van der Waals surface area contributed by atoms with Crippen molar-refractivity contribution in [3.05, 3.63) is 59.2 Å². The molecule has 0 bridgehead atoms. The van der Waals surface area contributed by atoms with Crippen molar-refractivity contribution < 1.29 is 23.9 Å². The quantitative estimate of drug-likeness (QED) is 0.721. The average Bonchev–Trinajstić information content (AvgIpc) is 3.32. The van der Waals surface area contributed by atoms with E-state index in [0.717, 1.165) is 16.9 Å². The van der Waals surface area contributed by atoms with E-state index in [0.29, 0.717) is 23.6 Å². The monoisotopic (exact) mass is 423 g/mol. The summed E-state index contributed by atoms with van der Waals surface area (Å²) in [4.78, 5) is 40.9. The number of carbonyl (C=O) groups is 3. The molecule has 31 heavy (non-hydrogen) atoms. The molecule has 2 aliphatic heterocycles. The van der Waals surface area contributed by atoms with Crippen molar-refractivity contribution in [2.24, 2.45) is 0 Å². The van der Waals surface area contributed by atoms with Crippen molar-refractivity contribution in [3.8, 4) is 11.5 Å². The predicted octanol–water partition coefficient (Wildman–Crippen LogP) is 2.40.